The predicted octanol–water partition coefficient (Wildman–Crippen LogP) is 1.92. The number of halogens is 1. The number of amides is 1. The van der Waals surface area contributed by atoms with Gasteiger partial charge in [0, 0.05) is 19.6 Å². The van der Waals surface area contributed by atoms with Gasteiger partial charge in [-0.1, -0.05) is 11.8 Å². The van der Waals surface area contributed by atoms with Crippen molar-refractivity contribution in [1.29, 1.82) is 0 Å². The minimum Gasteiger partial charge on any atom is -0.384 e. The Morgan fingerprint density at radius 1 is 1.50 bits per heavy atom. The molecule has 1 amide bonds. The van der Waals surface area contributed by atoms with Gasteiger partial charge in [0.15, 0.2) is 0 Å². The van der Waals surface area contributed by atoms with Crippen LogP contribution >= 0.6 is 0 Å². The van der Waals surface area contributed by atoms with Gasteiger partial charge in [0.05, 0.1) is 11.3 Å². The first kappa shape index (κ1) is 16.2. The lowest BCUT2D eigenvalue weighted by Gasteiger charge is -2.08. The fraction of sp³-hybridized carbons (Fsp3) is 0.400. The lowest BCUT2D eigenvalue weighted by Crippen LogP contribution is -2.13. The average Bonchev–Trinajstić information content (AvgIpc) is 2.44. The number of hydrogen-bond acceptors (Lipinski definition) is 3. The molecule has 0 aliphatic rings. The van der Waals surface area contributed by atoms with E-state index >= 15 is 0 Å². The molecule has 0 aromatic heterocycles. The zero-order chi connectivity index (χ0) is 14.8. The molecule has 0 unspecified atom stereocenters. The highest BCUT2D eigenvalue weighted by Gasteiger charge is 2.06. The number of rotatable bonds is 6. The Hall–Kier alpha value is -1.90. The van der Waals surface area contributed by atoms with E-state index in [0.717, 1.165) is 0 Å². The van der Waals surface area contributed by atoms with Gasteiger partial charge < -0.3 is 15.2 Å². The maximum atomic E-state index is 13.1. The van der Waals surface area contributed by atoms with E-state index in [-0.39, 0.29) is 12.5 Å². The van der Waals surface area contributed by atoms with Gasteiger partial charge in [-0.15, -0.1) is 0 Å². The van der Waals surface area contributed by atoms with Gasteiger partial charge in [0.2, 0.25) is 5.91 Å². The number of benzene rings is 1. The lowest BCUT2D eigenvalue weighted by atomic mass is 10.1. The van der Waals surface area contributed by atoms with E-state index in [2.05, 4.69) is 17.2 Å². The molecule has 108 valence electrons. The Morgan fingerprint density at radius 3 is 3.00 bits per heavy atom. The fourth-order valence-electron chi connectivity index (χ4n) is 1.56. The zero-order valence-corrected chi connectivity index (χ0v) is 11.4. The first-order chi connectivity index (χ1) is 9.67. The Balaban J connectivity index is 2.64. The molecular formula is C15H18FNO3. The van der Waals surface area contributed by atoms with Gasteiger partial charge >= 0.3 is 0 Å². The van der Waals surface area contributed by atoms with E-state index in [1.807, 2.05) is 6.92 Å². The third kappa shape index (κ3) is 5.83. The van der Waals surface area contributed by atoms with Gasteiger partial charge in [0.25, 0.3) is 0 Å². The molecule has 2 N–H and O–H groups in total. The summed E-state index contributed by atoms with van der Waals surface area (Å²) in [5.41, 5.74) is 0.783. The molecule has 0 heterocycles. The molecule has 0 saturated carbocycles. The van der Waals surface area contributed by atoms with Crippen molar-refractivity contribution in [1.82, 2.24) is 0 Å². The van der Waals surface area contributed by atoms with E-state index in [1.54, 1.807) is 0 Å². The Labute approximate surface area is 117 Å². The van der Waals surface area contributed by atoms with Crippen molar-refractivity contribution in [3.05, 3.63) is 29.6 Å². The normalized spacial score (nSPS) is 9.75. The van der Waals surface area contributed by atoms with E-state index in [4.69, 9.17) is 9.84 Å². The summed E-state index contributed by atoms with van der Waals surface area (Å²) in [4.78, 5) is 11.7. The van der Waals surface area contributed by atoms with Crippen LogP contribution in [0.4, 0.5) is 10.1 Å². The highest BCUT2D eigenvalue weighted by atomic mass is 19.1. The van der Waals surface area contributed by atoms with Gasteiger partial charge in [-0.25, -0.2) is 4.39 Å². The summed E-state index contributed by atoms with van der Waals surface area (Å²) in [5.74, 6) is 4.42. The molecule has 0 aliphatic carbocycles. The molecule has 20 heavy (non-hydrogen) atoms. The quantitative estimate of drug-likeness (QED) is 0.618. The molecule has 0 bridgehead atoms. The van der Waals surface area contributed by atoms with Crippen molar-refractivity contribution in [3.63, 3.8) is 0 Å². The zero-order valence-electron chi connectivity index (χ0n) is 11.4. The van der Waals surface area contributed by atoms with Gasteiger partial charge in [-0.3, -0.25) is 4.79 Å². The molecular weight excluding hydrogens is 261 g/mol. The number of ether oxygens (including phenoxy) is 1. The third-order valence-electron chi connectivity index (χ3n) is 2.45. The number of nitrogens with one attached hydrogen (secondary N) is 1. The van der Waals surface area contributed by atoms with Crippen molar-refractivity contribution < 1.29 is 19.0 Å². The third-order valence-corrected chi connectivity index (χ3v) is 2.45. The van der Waals surface area contributed by atoms with Crippen LogP contribution in [0, 0.1) is 17.7 Å². The predicted molar refractivity (Wildman–Crippen MR) is 74.7 cm³/mol. The maximum Gasteiger partial charge on any atom is 0.224 e. The Bertz CT molecular complexity index is 506. The topological polar surface area (TPSA) is 58.6 Å². The van der Waals surface area contributed by atoms with Crippen LogP contribution in [-0.4, -0.2) is 30.8 Å². The standard InChI is InChI=1S/C15H18FNO3/c1-2-20-10-4-6-15(19)17-14-8-7-13(16)11-12(14)5-3-9-18/h7-8,11,18H,2,4,6,9-10H2,1H3,(H,17,19). The number of hydrogen-bond donors (Lipinski definition) is 2. The fourth-order valence-corrected chi connectivity index (χ4v) is 1.56. The number of anilines is 1. The first-order valence-electron chi connectivity index (χ1n) is 6.44. The molecule has 0 fully saturated rings. The summed E-state index contributed by atoms with van der Waals surface area (Å²) in [6.07, 6.45) is 0.947. The second-order valence-corrected chi connectivity index (χ2v) is 4.00. The van der Waals surface area contributed by atoms with Crippen LogP contribution < -0.4 is 5.32 Å². The number of carbonyl (C=O) groups is 1. The molecule has 0 spiro atoms. The van der Waals surface area contributed by atoms with Crippen LogP contribution in [0.2, 0.25) is 0 Å². The average molecular weight is 279 g/mol. The van der Waals surface area contributed by atoms with Crippen LogP contribution in [-0.2, 0) is 9.53 Å². The first-order valence-corrected chi connectivity index (χ1v) is 6.44. The molecule has 0 radical (unpaired) electrons. The van der Waals surface area contributed by atoms with Crippen LogP contribution in [0.25, 0.3) is 0 Å². The Kier molecular flexibility index (Phi) is 7.33. The number of aliphatic hydroxyl groups is 1. The summed E-state index contributed by atoms with van der Waals surface area (Å²) in [5, 5.41) is 11.3. The largest absolute Gasteiger partial charge is 0.384 e. The summed E-state index contributed by atoms with van der Waals surface area (Å²) in [6, 6.07) is 3.93. The second-order valence-electron chi connectivity index (χ2n) is 4.00. The highest BCUT2D eigenvalue weighted by Crippen LogP contribution is 2.16. The van der Waals surface area contributed by atoms with E-state index in [9.17, 15) is 9.18 Å². The van der Waals surface area contributed by atoms with Crippen LogP contribution in [0.1, 0.15) is 25.3 Å². The summed E-state index contributed by atoms with van der Waals surface area (Å²) >= 11 is 0. The summed E-state index contributed by atoms with van der Waals surface area (Å²) in [6.45, 7) is 2.73. The highest BCUT2D eigenvalue weighted by molar-refractivity contribution is 5.92. The molecule has 4 nitrogen and oxygen atoms in total. The Morgan fingerprint density at radius 2 is 2.30 bits per heavy atom. The summed E-state index contributed by atoms with van der Waals surface area (Å²) < 4.78 is 18.3. The van der Waals surface area contributed by atoms with Gasteiger partial charge in [0.1, 0.15) is 12.4 Å². The molecule has 1 aromatic rings. The minimum absolute atomic E-state index is 0.177. The van der Waals surface area contributed by atoms with Crippen molar-refractivity contribution in [2.45, 2.75) is 19.8 Å². The van der Waals surface area contributed by atoms with E-state index in [1.165, 1.54) is 18.2 Å². The molecule has 5 heteroatoms. The monoisotopic (exact) mass is 279 g/mol. The molecule has 1 aromatic carbocycles. The molecule has 0 aliphatic heterocycles. The number of carbonyl (C=O) groups excluding carboxylic acids is 1. The SMILES string of the molecule is CCOCCCC(=O)Nc1ccc(F)cc1C#CCO. The maximum absolute atomic E-state index is 13.1. The second kappa shape index (κ2) is 9.08. The van der Waals surface area contributed by atoms with Gasteiger partial charge in [-0.05, 0) is 31.5 Å². The molecule has 1 rings (SSSR count). The van der Waals surface area contributed by atoms with E-state index < -0.39 is 5.82 Å². The minimum atomic E-state index is -0.443. The lowest BCUT2D eigenvalue weighted by molar-refractivity contribution is -0.116. The van der Waals surface area contributed by atoms with Crippen molar-refractivity contribution in [2.24, 2.45) is 0 Å². The smallest absolute Gasteiger partial charge is 0.224 e. The number of aliphatic hydroxyl groups excluding tert-OH is 1. The van der Waals surface area contributed by atoms with Gasteiger partial charge in [-0.2, -0.15) is 0 Å². The molecule has 0 saturated heterocycles. The van der Waals surface area contributed by atoms with Crippen molar-refractivity contribution >= 4 is 11.6 Å². The van der Waals surface area contributed by atoms with E-state index in [0.29, 0.717) is 37.3 Å². The van der Waals surface area contributed by atoms with Crippen molar-refractivity contribution in [3.8, 4) is 11.8 Å². The molecule has 0 atom stereocenters. The van der Waals surface area contributed by atoms with Crippen LogP contribution in [0.15, 0.2) is 18.2 Å². The van der Waals surface area contributed by atoms with Crippen LogP contribution in [0.3, 0.4) is 0 Å². The van der Waals surface area contributed by atoms with Crippen molar-refractivity contribution in [2.75, 3.05) is 25.1 Å². The summed E-state index contributed by atoms with van der Waals surface area (Å²) in [7, 11) is 0. The van der Waals surface area contributed by atoms with Crippen LogP contribution in [0.5, 0.6) is 0 Å².